The first-order chi connectivity index (χ1) is 4.81. The lowest BCUT2D eigenvalue weighted by atomic mass is 10.3. The van der Waals surface area contributed by atoms with Crippen LogP contribution >= 0.6 is 0 Å². The largest absolute Gasteiger partial charge is 0.313 e. The molecule has 0 bridgehead atoms. The van der Waals surface area contributed by atoms with Gasteiger partial charge in [0.15, 0.2) is 5.78 Å². The molecule has 0 saturated heterocycles. The van der Waals surface area contributed by atoms with Crippen molar-refractivity contribution in [3.05, 3.63) is 12.2 Å². The molecule has 0 amide bonds. The molecule has 0 aromatic carbocycles. The van der Waals surface area contributed by atoms with Crippen molar-refractivity contribution in [2.45, 2.75) is 19.8 Å². The Labute approximate surface area is 62.3 Å². The first kappa shape index (κ1) is 9.37. The first-order valence-corrected chi connectivity index (χ1v) is 3.65. The summed E-state index contributed by atoms with van der Waals surface area (Å²) in [5, 5.41) is 2.79. The molecular formula is C8H15NO. The van der Waals surface area contributed by atoms with Crippen LogP contribution in [0.4, 0.5) is 0 Å². The number of allylic oxidation sites excluding steroid dienone is 1. The maximum atomic E-state index is 10.8. The molecule has 0 fully saturated rings. The first-order valence-electron chi connectivity index (χ1n) is 3.65. The van der Waals surface area contributed by atoms with E-state index in [2.05, 4.69) is 12.2 Å². The lowest BCUT2D eigenvalue weighted by Crippen LogP contribution is -2.16. The summed E-state index contributed by atoms with van der Waals surface area (Å²) in [6, 6.07) is 0. The van der Waals surface area contributed by atoms with Crippen LogP contribution in [0.15, 0.2) is 12.2 Å². The van der Waals surface area contributed by atoms with Crippen LogP contribution in [0, 0.1) is 0 Å². The topological polar surface area (TPSA) is 29.1 Å². The van der Waals surface area contributed by atoms with Crippen molar-refractivity contribution in [3.8, 4) is 0 Å². The van der Waals surface area contributed by atoms with Gasteiger partial charge in [-0.3, -0.25) is 4.79 Å². The Balaban J connectivity index is 3.36. The number of hydrogen-bond acceptors (Lipinski definition) is 2. The van der Waals surface area contributed by atoms with Gasteiger partial charge in [-0.2, -0.15) is 0 Å². The zero-order valence-corrected chi connectivity index (χ0v) is 6.68. The summed E-state index contributed by atoms with van der Waals surface area (Å²) in [7, 11) is 1.77. The third-order valence-electron chi connectivity index (χ3n) is 1.11. The number of ketones is 1. The zero-order chi connectivity index (χ0) is 7.82. The van der Waals surface area contributed by atoms with Crippen molar-refractivity contribution >= 4 is 5.78 Å². The predicted octanol–water partition coefficient (Wildman–Crippen LogP) is 1.13. The minimum absolute atomic E-state index is 0.149. The fraction of sp³-hybridized carbons (Fsp3) is 0.625. The van der Waals surface area contributed by atoms with Gasteiger partial charge in [-0.25, -0.2) is 0 Å². The van der Waals surface area contributed by atoms with E-state index in [1.807, 2.05) is 6.08 Å². The Morgan fingerprint density at radius 1 is 1.60 bits per heavy atom. The summed E-state index contributed by atoms with van der Waals surface area (Å²) in [4.78, 5) is 10.8. The molecule has 0 spiro atoms. The van der Waals surface area contributed by atoms with Crippen molar-refractivity contribution in [3.63, 3.8) is 0 Å². The molecular weight excluding hydrogens is 126 g/mol. The van der Waals surface area contributed by atoms with Gasteiger partial charge >= 0.3 is 0 Å². The molecule has 0 rings (SSSR count). The van der Waals surface area contributed by atoms with Crippen molar-refractivity contribution < 1.29 is 4.79 Å². The molecule has 0 heterocycles. The number of unbranched alkanes of at least 4 members (excludes halogenated alkanes) is 1. The molecule has 0 aromatic rings. The Morgan fingerprint density at radius 3 is 2.80 bits per heavy atom. The summed E-state index contributed by atoms with van der Waals surface area (Å²) >= 11 is 0. The smallest absolute Gasteiger partial charge is 0.169 e. The predicted molar refractivity (Wildman–Crippen MR) is 43.0 cm³/mol. The average molecular weight is 141 g/mol. The molecule has 0 atom stereocenters. The van der Waals surface area contributed by atoms with E-state index < -0.39 is 0 Å². The molecule has 0 aliphatic heterocycles. The highest BCUT2D eigenvalue weighted by Crippen LogP contribution is 1.87. The number of carbonyl (C=O) groups is 1. The van der Waals surface area contributed by atoms with Gasteiger partial charge in [-0.1, -0.05) is 19.4 Å². The fourth-order valence-corrected chi connectivity index (χ4v) is 0.615. The quantitative estimate of drug-likeness (QED) is 0.581. The number of hydrogen-bond donors (Lipinski definition) is 1. The molecule has 2 nitrogen and oxygen atoms in total. The fourth-order valence-electron chi connectivity index (χ4n) is 0.615. The van der Waals surface area contributed by atoms with Crippen LogP contribution in [0.1, 0.15) is 19.8 Å². The third-order valence-corrected chi connectivity index (χ3v) is 1.11. The summed E-state index contributed by atoms with van der Waals surface area (Å²) in [6.45, 7) is 2.53. The highest BCUT2D eigenvalue weighted by atomic mass is 16.1. The molecule has 0 saturated carbocycles. The standard InChI is InChI=1S/C8H15NO/c1-3-4-5-6-8(10)7-9-2/h5-6,9H,3-4,7H2,1-2H3/b6-5+. The summed E-state index contributed by atoms with van der Waals surface area (Å²) in [6.07, 6.45) is 5.65. The van der Waals surface area contributed by atoms with Gasteiger partial charge in [0.2, 0.25) is 0 Å². The van der Waals surface area contributed by atoms with Crippen LogP contribution in [0.3, 0.4) is 0 Å². The average Bonchev–Trinajstić information content (AvgIpc) is 1.89. The second-order valence-corrected chi connectivity index (χ2v) is 2.19. The van der Waals surface area contributed by atoms with E-state index in [0.717, 1.165) is 12.8 Å². The maximum absolute atomic E-state index is 10.8. The number of rotatable bonds is 5. The summed E-state index contributed by atoms with van der Waals surface area (Å²) in [5.41, 5.74) is 0. The Bertz CT molecular complexity index is 118. The normalized spacial score (nSPS) is 10.6. The van der Waals surface area contributed by atoms with Gasteiger partial charge in [0, 0.05) is 0 Å². The van der Waals surface area contributed by atoms with Crippen molar-refractivity contribution in [1.29, 1.82) is 0 Å². The Hall–Kier alpha value is -0.630. The van der Waals surface area contributed by atoms with E-state index in [4.69, 9.17) is 0 Å². The van der Waals surface area contributed by atoms with Crippen LogP contribution in [0.5, 0.6) is 0 Å². The highest BCUT2D eigenvalue weighted by Gasteiger charge is 1.89. The Kier molecular flexibility index (Phi) is 6.08. The van der Waals surface area contributed by atoms with Crippen LogP contribution in [-0.2, 0) is 4.79 Å². The van der Waals surface area contributed by atoms with Crippen molar-refractivity contribution in [2.75, 3.05) is 13.6 Å². The van der Waals surface area contributed by atoms with E-state index in [1.54, 1.807) is 13.1 Å². The van der Waals surface area contributed by atoms with Crippen LogP contribution in [0.2, 0.25) is 0 Å². The molecule has 0 unspecified atom stereocenters. The molecule has 0 aromatic heterocycles. The van der Waals surface area contributed by atoms with Crippen LogP contribution in [0.25, 0.3) is 0 Å². The van der Waals surface area contributed by atoms with E-state index >= 15 is 0 Å². The SMILES string of the molecule is CCC/C=C/C(=O)CNC. The lowest BCUT2D eigenvalue weighted by molar-refractivity contribution is -0.113. The van der Waals surface area contributed by atoms with Crippen LogP contribution in [-0.4, -0.2) is 19.4 Å². The molecule has 0 radical (unpaired) electrons. The molecule has 58 valence electrons. The molecule has 0 aliphatic carbocycles. The van der Waals surface area contributed by atoms with Gasteiger partial charge < -0.3 is 5.32 Å². The van der Waals surface area contributed by atoms with E-state index in [1.165, 1.54) is 0 Å². The molecule has 10 heavy (non-hydrogen) atoms. The minimum atomic E-state index is 0.149. The second-order valence-electron chi connectivity index (χ2n) is 2.19. The Morgan fingerprint density at radius 2 is 2.30 bits per heavy atom. The monoisotopic (exact) mass is 141 g/mol. The van der Waals surface area contributed by atoms with Crippen molar-refractivity contribution in [1.82, 2.24) is 5.32 Å². The van der Waals surface area contributed by atoms with E-state index in [0.29, 0.717) is 6.54 Å². The number of likely N-dealkylation sites (N-methyl/N-ethyl adjacent to an activating group) is 1. The third kappa shape index (κ3) is 5.51. The molecule has 0 aliphatic rings. The minimum Gasteiger partial charge on any atom is -0.313 e. The zero-order valence-electron chi connectivity index (χ0n) is 6.68. The summed E-state index contributed by atoms with van der Waals surface area (Å²) in [5.74, 6) is 0.149. The second kappa shape index (κ2) is 6.49. The van der Waals surface area contributed by atoms with Gasteiger partial charge in [0.25, 0.3) is 0 Å². The summed E-state index contributed by atoms with van der Waals surface area (Å²) < 4.78 is 0. The van der Waals surface area contributed by atoms with Gasteiger partial charge in [-0.05, 0) is 19.5 Å². The van der Waals surface area contributed by atoms with E-state index in [9.17, 15) is 4.79 Å². The number of nitrogens with one attached hydrogen (secondary N) is 1. The molecule has 2 heteroatoms. The van der Waals surface area contributed by atoms with Gasteiger partial charge in [-0.15, -0.1) is 0 Å². The molecule has 1 N–H and O–H groups in total. The van der Waals surface area contributed by atoms with Crippen molar-refractivity contribution in [2.24, 2.45) is 0 Å². The lowest BCUT2D eigenvalue weighted by Gasteiger charge is -1.90. The van der Waals surface area contributed by atoms with E-state index in [-0.39, 0.29) is 5.78 Å². The van der Waals surface area contributed by atoms with Gasteiger partial charge in [0.1, 0.15) is 0 Å². The highest BCUT2D eigenvalue weighted by molar-refractivity contribution is 5.91. The van der Waals surface area contributed by atoms with Crippen LogP contribution < -0.4 is 5.32 Å². The number of carbonyl (C=O) groups excluding carboxylic acids is 1. The maximum Gasteiger partial charge on any atom is 0.169 e. The van der Waals surface area contributed by atoms with Gasteiger partial charge in [0.05, 0.1) is 6.54 Å².